The third-order valence-corrected chi connectivity index (χ3v) is 4.49. The van der Waals surface area contributed by atoms with Crippen LogP contribution in [0.3, 0.4) is 0 Å². The molecule has 2 N–H and O–H groups in total. The van der Waals surface area contributed by atoms with Gasteiger partial charge in [-0.25, -0.2) is 4.79 Å². The van der Waals surface area contributed by atoms with E-state index in [0.29, 0.717) is 12.0 Å². The number of anilines is 1. The van der Waals surface area contributed by atoms with Crippen molar-refractivity contribution in [1.82, 2.24) is 10.2 Å². The van der Waals surface area contributed by atoms with Crippen molar-refractivity contribution in [2.24, 2.45) is 0 Å². The minimum Gasteiger partial charge on any atom is -0.477 e. The first-order valence-electron chi connectivity index (χ1n) is 4.90. The highest BCUT2D eigenvalue weighted by Gasteiger charge is 2.37. The first-order chi connectivity index (χ1) is 8.50. The number of hydrogen-bond acceptors (Lipinski definition) is 7. The minimum absolute atomic E-state index is 0.0213. The number of aromatic nitrogens is 2. The van der Waals surface area contributed by atoms with E-state index in [1.54, 1.807) is 0 Å². The van der Waals surface area contributed by atoms with Crippen molar-refractivity contribution in [2.45, 2.75) is 16.9 Å². The maximum atomic E-state index is 11.9. The predicted octanol–water partition coefficient (Wildman–Crippen LogP) is 0.858. The van der Waals surface area contributed by atoms with Crippen LogP contribution in [-0.2, 0) is 9.59 Å². The van der Waals surface area contributed by atoms with Crippen molar-refractivity contribution >= 4 is 53.6 Å². The van der Waals surface area contributed by atoms with Gasteiger partial charge in [-0.1, -0.05) is 11.3 Å². The lowest BCUT2D eigenvalue weighted by Gasteiger charge is -2.33. The number of carbonyl (C=O) groups excluding carboxylic acids is 1. The summed E-state index contributed by atoms with van der Waals surface area (Å²) in [6.45, 7) is 0. The molecule has 96 valence electrons. The Hall–Kier alpha value is -1.06. The first kappa shape index (κ1) is 13.4. The highest BCUT2D eigenvalue weighted by Crippen LogP contribution is 2.38. The van der Waals surface area contributed by atoms with Crippen molar-refractivity contribution in [3.8, 4) is 0 Å². The second-order valence-electron chi connectivity index (χ2n) is 3.62. The van der Waals surface area contributed by atoms with Crippen LogP contribution in [0, 0.1) is 0 Å². The van der Waals surface area contributed by atoms with E-state index in [4.69, 9.17) is 5.11 Å². The van der Waals surface area contributed by atoms with E-state index < -0.39 is 11.9 Å². The van der Waals surface area contributed by atoms with Crippen LogP contribution < -0.4 is 5.32 Å². The molecule has 1 aromatic rings. The summed E-state index contributed by atoms with van der Waals surface area (Å²) >= 11 is 9.53. The largest absolute Gasteiger partial charge is 0.477 e. The molecule has 9 heteroatoms. The lowest BCUT2D eigenvalue weighted by atomic mass is 9.86. The molecule has 1 saturated carbocycles. The maximum absolute atomic E-state index is 11.9. The lowest BCUT2D eigenvalue weighted by Crippen LogP contribution is -2.36. The molecule has 0 radical (unpaired) electrons. The average Bonchev–Trinajstić information content (AvgIpc) is 2.80. The van der Waals surface area contributed by atoms with Crippen LogP contribution in [0.15, 0.2) is 16.7 Å². The van der Waals surface area contributed by atoms with Crippen LogP contribution in [0.2, 0.25) is 0 Å². The number of thiol groups is 2. The fourth-order valence-corrected chi connectivity index (χ4v) is 2.70. The molecule has 1 fully saturated rings. The number of nitrogens with one attached hydrogen (secondary N) is 1. The Morgan fingerprint density at radius 1 is 1.50 bits per heavy atom. The highest BCUT2D eigenvalue weighted by atomic mass is 32.1. The predicted molar refractivity (Wildman–Crippen MR) is 73.4 cm³/mol. The van der Waals surface area contributed by atoms with Crippen molar-refractivity contribution in [1.29, 1.82) is 0 Å². The zero-order valence-electron chi connectivity index (χ0n) is 8.90. The van der Waals surface area contributed by atoms with Gasteiger partial charge in [-0.05, 0) is 12.0 Å². The van der Waals surface area contributed by atoms with Crippen LogP contribution >= 0.6 is 36.6 Å². The van der Waals surface area contributed by atoms with Crippen LogP contribution in [0.25, 0.3) is 0 Å². The number of aliphatic carboxylic acids is 1. The Balaban J connectivity index is 2.22. The lowest BCUT2D eigenvalue weighted by molar-refractivity contribution is -0.134. The van der Waals surface area contributed by atoms with E-state index in [2.05, 4.69) is 40.8 Å². The van der Waals surface area contributed by atoms with Crippen molar-refractivity contribution < 1.29 is 14.7 Å². The van der Waals surface area contributed by atoms with Crippen molar-refractivity contribution in [3.63, 3.8) is 0 Å². The number of carboxylic acid groups (broad SMARTS) is 1. The molecular weight excluding hydrogens is 294 g/mol. The number of hydrogen-bond donors (Lipinski definition) is 4. The first-order valence-corrected chi connectivity index (χ1v) is 6.82. The van der Waals surface area contributed by atoms with E-state index in [1.165, 1.54) is 5.51 Å². The number of rotatable bonds is 3. The smallest absolute Gasteiger partial charge is 0.341 e. The number of amides is 1. The Bertz CT molecular complexity index is 514. The molecule has 1 aliphatic carbocycles. The average molecular weight is 303 g/mol. The summed E-state index contributed by atoms with van der Waals surface area (Å²) < 4.78 is 0. The standard InChI is InChI=1S/C9H9N3O3S3/c13-7(11-9-12-10-2-18-9)5(8(14)15)3-1-4(16)6(3)17/h2,4,6,16-17H,1H2,(H,14,15)(H,11,12,13)/b5-3-. The summed E-state index contributed by atoms with van der Waals surface area (Å²) in [5, 5.41) is 18.6. The third kappa shape index (κ3) is 2.52. The van der Waals surface area contributed by atoms with E-state index in [9.17, 15) is 9.59 Å². The molecule has 0 spiro atoms. The van der Waals surface area contributed by atoms with Gasteiger partial charge in [0.15, 0.2) is 0 Å². The van der Waals surface area contributed by atoms with Gasteiger partial charge in [0.2, 0.25) is 5.13 Å². The van der Waals surface area contributed by atoms with Crippen LogP contribution in [-0.4, -0.2) is 37.7 Å². The zero-order chi connectivity index (χ0) is 13.3. The second kappa shape index (κ2) is 5.29. The summed E-state index contributed by atoms with van der Waals surface area (Å²) in [4.78, 5) is 23.0. The Morgan fingerprint density at radius 3 is 2.67 bits per heavy atom. The minimum atomic E-state index is -1.27. The van der Waals surface area contributed by atoms with Crippen molar-refractivity contribution in [3.05, 3.63) is 16.7 Å². The summed E-state index contributed by atoms with van der Waals surface area (Å²) in [6, 6.07) is 0. The van der Waals surface area contributed by atoms with Gasteiger partial charge in [-0.15, -0.1) is 10.2 Å². The molecule has 0 aliphatic heterocycles. The monoisotopic (exact) mass is 303 g/mol. The van der Waals surface area contributed by atoms with Crippen LogP contribution in [0.1, 0.15) is 6.42 Å². The molecule has 1 amide bonds. The highest BCUT2D eigenvalue weighted by molar-refractivity contribution is 7.85. The molecule has 18 heavy (non-hydrogen) atoms. The van der Waals surface area contributed by atoms with Gasteiger partial charge in [-0.3, -0.25) is 10.1 Å². The fraction of sp³-hybridized carbons (Fsp3) is 0.333. The number of carbonyl (C=O) groups is 2. The van der Waals surface area contributed by atoms with Gasteiger partial charge in [0.05, 0.1) is 0 Å². The Labute approximate surface area is 117 Å². The van der Waals surface area contributed by atoms with Crippen molar-refractivity contribution in [2.75, 3.05) is 5.32 Å². The molecule has 1 aromatic heterocycles. The van der Waals surface area contributed by atoms with E-state index in [1.807, 2.05) is 0 Å². The van der Waals surface area contributed by atoms with E-state index >= 15 is 0 Å². The van der Waals surface area contributed by atoms with E-state index in [0.717, 1.165) is 11.3 Å². The number of nitrogens with zero attached hydrogens (tertiary/aromatic N) is 2. The summed E-state index contributed by atoms with van der Waals surface area (Å²) in [7, 11) is 0. The topological polar surface area (TPSA) is 92.2 Å². The van der Waals surface area contributed by atoms with Gasteiger partial charge in [0.25, 0.3) is 5.91 Å². The molecule has 0 aromatic carbocycles. The fourth-order valence-electron chi connectivity index (χ4n) is 1.55. The molecule has 0 saturated heterocycles. The summed E-state index contributed by atoms with van der Waals surface area (Å²) in [5.41, 5.74) is 1.65. The second-order valence-corrected chi connectivity index (χ2v) is 5.67. The molecule has 2 rings (SSSR count). The van der Waals surface area contributed by atoms with Gasteiger partial charge < -0.3 is 5.11 Å². The molecule has 1 heterocycles. The third-order valence-electron chi connectivity index (χ3n) is 2.49. The SMILES string of the molecule is O=C(O)/C(C(=O)Nc1nncs1)=C1/CC(S)C1S. The maximum Gasteiger partial charge on any atom is 0.341 e. The van der Waals surface area contributed by atoms with Crippen LogP contribution in [0.4, 0.5) is 5.13 Å². The van der Waals surface area contributed by atoms with Gasteiger partial charge in [0.1, 0.15) is 11.1 Å². The zero-order valence-corrected chi connectivity index (χ0v) is 11.5. The van der Waals surface area contributed by atoms with Gasteiger partial charge >= 0.3 is 5.97 Å². The van der Waals surface area contributed by atoms with Crippen LogP contribution in [0.5, 0.6) is 0 Å². The molecule has 6 nitrogen and oxygen atoms in total. The molecule has 1 aliphatic rings. The van der Waals surface area contributed by atoms with E-state index in [-0.39, 0.29) is 21.2 Å². The molecular formula is C9H9N3O3S3. The molecule has 0 bridgehead atoms. The molecule has 2 unspecified atom stereocenters. The quantitative estimate of drug-likeness (QED) is 0.288. The summed E-state index contributed by atoms with van der Waals surface area (Å²) in [5.74, 6) is -1.97. The summed E-state index contributed by atoms with van der Waals surface area (Å²) in [6.07, 6.45) is 0.447. The van der Waals surface area contributed by atoms with Gasteiger partial charge in [0, 0.05) is 10.5 Å². The number of carboxylic acids is 1. The Morgan fingerprint density at radius 2 is 2.22 bits per heavy atom. The Kier molecular flexibility index (Phi) is 3.93. The molecule has 2 atom stereocenters. The normalized spacial score (nSPS) is 25.2. The van der Waals surface area contributed by atoms with Gasteiger partial charge in [-0.2, -0.15) is 25.3 Å².